The van der Waals surface area contributed by atoms with Crippen LogP contribution in [0.3, 0.4) is 0 Å². The third-order valence-corrected chi connectivity index (χ3v) is 3.36. The van der Waals surface area contributed by atoms with E-state index in [2.05, 4.69) is 31.9 Å². The van der Waals surface area contributed by atoms with Gasteiger partial charge in [0.05, 0.1) is 9.41 Å². The van der Waals surface area contributed by atoms with Gasteiger partial charge in [-0.3, -0.25) is 19.7 Å². The third-order valence-electron chi connectivity index (χ3n) is 1.67. The first-order valence-corrected chi connectivity index (χ1v) is 4.96. The van der Waals surface area contributed by atoms with Crippen LogP contribution in [0.4, 0.5) is 0 Å². The molecule has 14 heavy (non-hydrogen) atoms. The van der Waals surface area contributed by atoms with E-state index in [-0.39, 0.29) is 14.5 Å². The van der Waals surface area contributed by atoms with Crippen molar-refractivity contribution in [3.05, 3.63) is 30.3 Å². The molecular weight excluding hydrogens is 322 g/mol. The summed E-state index contributed by atoms with van der Waals surface area (Å²) in [5.74, 6) is -1.35. The molecule has 0 aliphatic heterocycles. The summed E-state index contributed by atoms with van der Waals surface area (Å²) in [6, 6.07) is 0. The molecule has 1 aliphatic rings. The Morgan fingerprint density at radius 3 is 2.07 bits per heavy atom. The second-order valence-corrected chi connectivity index (χ2v) is 4.10. The van der Waals surface area contributed by atoms with Gasteiger partial charge in [-0.1, -0.05) is 0 Å². The van der Waals surface area contributed by atoms with Crippen molar-refractivity contribution in [2.75, 3.05) is 0 Å². The Morgan fingerprint density at radius 1 is 1.14 bits per heavy atom. The van der Waals surface area contributed by atoms with Crippen LogP contribution < -0.4 is 0 Å². The molecule has 0 unspecified atom stereocenters. The van der Waals surface area contributed by atoms with E-state index < -0.39 is 22.2 Å². The Morgan fingerprint density at radius 2 is 1.64 bits per heavy atom. The molecule has 0 radical (unpaired) electrons. The van der Waals surface area contributed by atoms with Gasteiger partial charge in [0, 0.05) is 5.57 Å². The minimum Gasteiger partial charge on any atom is -0.287 e. The standard InChI is InChI=1S/C7H3Br2NO4/c1-2-3(8)7(12)4(9)5(6(2)11)10(13)14/h1H3. The molecule has 0 heterocycles. The summed E-state index contributed by atoms with van der Waals surface area (Å²) in [5.41, 5.74) is -0.666. The zero-order chi connectivity index (χ0) is 11.0. The lowest BCUT2D eigenvalue weighted by molar-refractivity contribution is -0.418. The second kappa shape index (κ2) is 3.74. The van der Waals surface area contributed by atoms with E-state index in [1.165, 1.54) is 6.92 Å². The quantitative estimate of drug-likeness (QED) is 0.418. The van der Waals surface area contributed by atoms with Crippen molar-refractivity contribution < 1.29 is 14.5 Å². The summed E-state index contributed by atoms with van der Waals surface area (Å²) in [6.45, 7) is 1.35. The van der Waals surface area contributed by atoms with Gasteiger partial charge in [0.15, 0.2) is 0 Å². The van der Waals surface area contributed by atoms with Crippen molar-refractivity contribution >= 4 is 43.4 Å². The molecule has 74 valence electrons. The molecule has 0 aromatic rings. The molecule has 1 aliphatic carbocycles. The number of nitrogens with zero attached hydrogens (tertiary/aromatic N) is 1. The lowest BCUT2D eigenvalue weighted by Crippen LogP contribution is -2.23. The molecule has 0 aromatic carbocycles. The van der Waals surface area contributed by atoms with Crippen molar-refractivity contribution in [2.45, 2.75) is 6.92 Å². The van der Waals surface area contributed by atoms with Crippen LogP contribution in [0.1, 0.15) is 6.92 Å². The molecule has 0 N–H and O–H groups in total. The molecule has 0 saturated heterocycles. The van der Waals surface area contributed by atoms with Gasteiger partial charge in [-0.2, -0.15) is 0 Å². The summed E-state index contributed by atoms with van der Waals surface area (Å²) in [6.07, 6.45) is 0. The van der Waals surface area contributed by atoms with Crippen molar-refractivity contribution in [3.63, 3.8) is 0 Å². The molecule has 0 amide bonds. The number of hydrogen-bond acceptors (Lipinski definition) is 4. The first-order valence-electron chi connectivity index (χ1n) is 3.37. The number of halogens is 2. The van der Waals surface area contributed by atoms with E-state index in [0.29, 0.717) is 0 Å². The van der Waals surface area contributed by atoms with Crippen LogP contribution in [0.5, 0.6) is 0 Å². The Kier molecular flexibility index (Phi) is 3.01. The van der Waals surface area contributed by atoms with E-state index >= 15 is 0 Å². The Hall–Kier alpha value is -0.820. The molecule has 0 aromatic heterocycles. The summed E-state index contributed by atoms with van der Waals surface area (Å²) in [5, 5.41) is 10.5. The number of rotatable bonds is 1. The Bertz CT molecular complexity index is 421. The molecule has 0 atom stereocenters. The summed E-state index contributed by atoms with van der Waals surface area (Å²) in [7, 11) is 0. The lowest BCUT2D eigenvalue weighted by Gasteiger charge is -2.09. The number of Topliss-reactive ketones (excluding diaryl/α,β-unsaturated/α-hetero) is 2. The summed E-state index contributed by atoms with van der Waals surface area (Å²) in [4.78, 5) is 32.3. The first-order chi connectivity index (χ1) is 6.37. The highest BCUT2D eigenvalue weighted by molar-refractivity contribution is 9.13. The van der Waals surface area contributed by atoms with E-state index in [1.807, 2.05) is 0 Å². The van der Waals surface area contributed by atoms with Crippen molar-refractivity contribution in [1.82, 2.24) is 0 Å². The van der Waals surface area contributed by atoms with Crippen molar-refractivity contribution in [2.24, 2.45) is 0 Å². The van der Waals surface area contributed by atoms with Crippen LogP contribution in [0.2, 0.25) is 0 Å². The van der Waals surface area contributed by atoms with Gasteiger partial charge in [0.25, 0.3) is 5.78 Å². The van der Waals surface area contributed by atoms with E-state index in [1.54, 1.807) is 0 Å². The highest BCUT2D eigenvalue weighted by Crippen LogP contribution is 2.31. The van der Waals surface area contributed by atoms with E-state index in [4.69, 9.17) is 0 Å². The molecular formula is C7H3Br2NO4. The fourth-order valence-corrected chi connectivity index (χ4v) is 2.08. The molecule has 0 saturated carbocycles. The fourth-order valence-electron chi connectivity index (χ4n) is 0.914. The summed E-state index contributed by atoms with van der Waals surface area (Å²) >= 11 is 5.63. The van der Waals surface area contributed by atoms with Crippen LogP contribution in [-0.4, -0.2) is 16.5 Å². The van der Waals surface area contributed by atoms with Crippen LogP contribution in [0.25, 0.3) is 0 Å². The first kappa shape index (κ1) is 11.3. The minimum absolute atomic E-state index is 0.0462. The number of nitro groups is 1. The predicted octanol–water partition coefficient (Wildman–Crippen LogP) is 1.69. The highest BCUT2D eigenvalue weighted by Gasteiger charge is 2.38. The van der Waals surface area contributed by atoms with Gasteiger partial charge >= 0.3 is 5.70 Å². The lowest BCUT2D eigenvalue weighted by atomic mass is 10.0. The highest BCUT2D eigenvalue weighted by atomic mass is 79.9. The Labute approximate surface area is 95.3 Å². The maximum Gasteiger partial charge on any atom is 0.334 e. The van der Waals surface area contributed by atoms with Gasteiger partial charge in [0.1, 0.15) is 4.48 Å². The van der Waals surface area contributed by atoms with Crippen molar-refractivity contribution in [1.29, 1.82) is 0 Å². The number of ketones is 2. The average Bonchev–Trinajstić information content (AvgIpc) is 2.11. The maximum atomic E-state index is 11.4. The zero-order valence-electron chi connectivity index (χ0n) is 6.84. The average molecular weight is 325 g/mol. The fraction of sp³-hybridized carbons (Fsp3) is 0.143. The molecule has 1 rings (SSSR count). The molecule has 5 nitrogen and oxygen atoms in total. The minimum atomic E-state index is -0.868. The molecule has 0 bridgehead atoms. The maximum absolute atomic E-state index is 11.4. The van der Waals surface area contributed by atoms with Crippen LogP contribution in [0, 0.1) is 10.1 Å². The van der Waals surface area contributed by atoms with Crippen LogP contribution >= 0.6 is 31.9 Å². The van der Waals surface area contributed by atoms with Crippen LogP contribution in [-0.2, 0) is 9.59 Å². The third kappa shape index (κ3) is 1.57. The largest absolute Gasteiger partial charge is 0.334 e. The van der Waals surface area contributed by atoms with Gasteiger partial charge in [-0.05, 0) is 38.8 Å². The summed E-state index contributed by atoms with van der Waals surface area (Å²) < 4.78 is -0.259. The number of carbonyl (C=O) groups is 2. The topological polar surface area (TPSA) is 77.3 Å². The van der Waals surface area contributed by atoms with Gasteiger partial charge in [-0.25, -0.2) is 0 Å². The van der Waals surface area contributed by atoms with E-state index in [9.17, 15) is 19.7 Å². The van der Waals surface area contributed by atoms with Crippen LogP contribution in [0.15, 0.2) is 20.2 Å². The normalized spacial score (nSPS) is 17.9. The SMILES string of the molecule is CC1=C(Br)C(=O)C(Br)=C([N+](=O)[O-])C1=O. The molecule has 7 heteroatoms. The van der Waals surface area contributed by atoms with E-state index in [0.717, 1.165) is 0 Å². The number of allylic oxidation sites excluding steroid dienone is 3. The Balaban J connectivity index is 3.41. The number of hydrogen-bond donors (Lipinski definition) is 0. The van der Waals surface area contributed by atoms with Crippen molar-refractivity contribution in [3.8, 4) is 0 Å². The number of carbonyl (C=O) groups excluding carboxylic acids is 2. The molecule has 0 spiro atoms. The van der Waals surface area contributed by atoms with Gasteiger partial charge < -0.3 is 0 Å². The van der Waals surface area contributed by atoms with Gasteiger partial charge in [-0.15, -0.1) is 0 Å². The predicted molar refractivity (Wildman–Crippen MR) is 54.6 cm³/mol. The monoisotopic (exact) mass is 323 g/mol. The smallest absolute Gasteiger partial charge is 0.287 e. The zero-order valence-corrected chi connectivity index (χ0v) is 10.0. The van der Waals surface area contributed by atoms with Gasteiger partial charge in [0.2, 0.25) is 5.78 Å². The molecule has 0 fully saturated rings. The second-order valence-electron chi connectivity index (χ2n) is 2.52.